The summed E-state index contributed by atoms with van der Waals surface area (Å²) in [6.07, 6.45) is 5.96. The van der Waals surface area contributed by atoms with Gasteiger partial charge in [-0.3, -0.25) is 9.78 Å². The predicted molar refractivity (Wildman–Crippen MR) is 89.4 cm³/mol. The third-order valence-electron chi connectivity index (χ3n) is 4.17. The Kier molecular flexibility index (Phi) is 4.50. The van der Waals surface area contributed by atoms with Gasteiger partial charge in [-0.1, -0.05) is 0 Å². The molecule has 3 rings (SSSR count). The van der Waals surface area contributed by atoms with Crippen molar-refractivity contribution in [2.45, 2.75) is 39.7 Å². The molecule has 0 aliphatic rings. The molecule has 0 radical (unpaired) electrons. The highest BCUT2D eigenvalue weighted by Gasteiger charge is 2.14. The summed E-state index contributed by atoms with van der Waals surface area (Å²) >= 11 is 0. The summed E-state index contributed by atoms with van der Waals surface area (Å²) in [7, 11) is 0. The second-order valence-electron chi connectivity index (χ2n) is 5.80. The van der Waals surface area contributed by atoms with Crippen molar-refractivity contribution in [3.63, 3.8) is 0 Å². The molecule has 0 saturated carbocycles. The lowest BCUT2D eigenvalue weighted by molar-refractivity contribution is -0.121. The lowest BCUT2D eigenvalue weighted by Gasteiger charge is -2.15. The zero-order valence-electron chi connectivity index (χ0n) is 14.0. The molecule has 3 heterocycles. The van der Waals surface area contributed by atoms with E-state index in [0.29, 0.717) is 18.6 Å². The molecule has 0 aliphatic carbocycles. The lowest BCUT2D eigenvalue weighted by atomic mass is 10.1. The minimum atomic E-state index is -0.0429. The van der Waals surface area contributed by atoms with E-state index in [1.807, 2.05) is 32.9 Å². The van der Waals surface area contributed by atoms with E-state index in [1.54, 1.807) is 16.9 Å². The van der Waals surface area contributed by atoms with Crippen LogP contribution in [-0.4, -0.2) is 30.5 Å². The maximum Gasteiger partial charge on any atom is 0.252 e. The Balaban J connectivity index is 1.66. The van der Waals surface area contributed by atoms with E-state index in [2.05, 4.69) is 25.4 Å². The molecule has 3 aromatic heterocycles. The minimum absolute atomic E-state index is 0.0109. The van der Waals surface area contributed by atoms with Crippen LogP contribution in [0.2, 0.25) is 0 Å². The third-order valence-corrected chi connectivity index (χ3v) is 4.17. The molecule has 0 saturated heterocycles. The summed E-state index contributed by atoms with van der Waals surface area (Å²) in [5.41, 5.74) is 3.95. The van der Waals surface area contributed by atoms with Gasteiger partial charge >= 0.3 is 0 Å². The highest BCUT2D eigenvalue weighted by molar-refractivity contribution is 5.76. The molecule has 1 amide bonds. The molecule has 0 bridgehead atoms. The number of rotatable bonds is 5. The predicted octanol–water partition coefficient (Wildman–Crippen LogP) is 1.95. The van der Waals surface area contributed by atoms with Gasteiger partial charge in [-0.15, -0.1) is 0 Å². The maximum atomic E-state index is 12.3. The van der Waals surface area contributed by atoms with Crippen LogP contribution in [0.1, 0.15) is 41.9 Å². The van der Waals surface area contributed by atoms with Crippen LogP contribution in [-0.2, 0) is 11.2 Å². The van der Waals surface area contributed by atoms with E-state index in [-0.39, 0.29) is 11.9 Å². The zero-order valence-corrected chi connectivity index (χ0v) is 14.0. The summed E-state index contributed by atoms with van der Waals surface area (Å²) in [6.45, 7) is 5.88. The molecule has 0 aliphatic heterocycles. The molecule has 7 nitrogen and oxygen atoms in total. The fourth-order valence-electron chi connectivity index (χ4n) is 2.80. The number of aromatic nitrogens is 5. The average molecular weight is 324 g/mol. The van der Waals surface area contributed by atoms with E-state index >= 15 is 0 Å². The van der Waals surface area contributed by atoms with Crippen molar-refractivity contribution >= 4 is 11.7 Å². The first kappa shape index (κ1) is 16.0. The van der Waals surface area contributed by atoms with Gasteiger partial charge in [0.1, 0.15) is 6.33 Å². The Bertz CT molecular complexity index is 858. The number of carbonyl (C=O) groups is 1. The number of amides is 1. The average Bonchev–Trinajstić information content (AvgIpc) is 3.04. The Morgan fingerprint density at radius 2 is 2.04 bits per heavy atom. The van der Waals surface area contributed by atoms with E-state index < -0.39 is 0 Å². The number of aryl methyl sites for hydroxylation is 2. The van der Waals surface area contributed by atoms with Gasteiger partial charge in [-0.25, -0.2) is 9.50 Å². The minimum Gasteiger partial charge on any atom is -0.350 e. The largest absolute Gasteiger partial charge is 0.350 e. The van der Waals surface area contributed by atoms with Gasteiger partial charge in [0.25, 0.3) is 5.78 Å². The maximum absolute atomic E-state index is 12.3. The first-order valence-electron chi connectivity index (χ1n) is 7.91. The normalized spacial score (nSPS) is 12.3. The third kappa shape index (κ3) is 3.24. The monoisotopic (exact) mass is 324 g/mol. The quantitative estimate of drug-likeness (QED) is 0.775. The van der Waals surface area contributed by atoms with Crippen LogP contribution >= 0.6 is 0 Å². The fourth-order valence-corrected chi connectivity index (χ4v) is 2.80. The number of nitrogens with one attached hydrogen (secondary N) is 1. The van der Waals surface area contributed by atoms with Crippen molar-refractivity contribution in [2.24, 2.45) is 0 Å². The molecule has 0 spiro atoms. The molecule has 0 fully saturated rings. The van der Waals surface area contributed by atoms with E-state index in [9.17, 15) is 4.79 Å². The molecule has 1 N–H and O–H groups in total. The number of fused-ring (bicyclic) bond motifs is 1. The number of pyridine rings is 1. The van der Waals surface area contributed by atoms with Crippen molar-refractivity contribution in [1.82, 2.24) is 29.9 Å². The molecular formula is C17H20N6O. The topological polar surface area (TPSA) is 85.1 Å². The molecule has 124 valence electrons. The van der Waals surface area contributed by atoms with Crippen molar-refractivity contribution in [1.29, 1.82) is 0 Å². The molecule has 1 unspecified atom stereocenters. The summed E-state index contributed by atoms with van der Waals surface area (Å²) in [4.78, 5) is 24.8. The van der Waals surface area contributed by atoms with Crippen LogP contribution in [0.25, 0.3) is 5.78 Å². The van der Waals surface area contributed by atoms with Gasteiger partial charge in [0.2, 0.25) is 5.91 Å². The number of hydrogen-bond acceptors (Lipinski definition) is 5. The SMILES string of the molecule is Cc1nc2ncnn2c(C)c1CCC(=O)NC(C)c1ccncc1. The Labute approximate surface area is 140 Å². The Morgan fingerprint density at radius 1 is 1.29 bits per heavy atom. The Morgan fingerprint density at radius 3 is 2.79 bits per heavy atom. The van der Waals surface area contributed by atoms with Gasteiger partial charge < -0.3 is 5.32 Å². The fraction of sp³-hybridized carbons (Fsp3) is 0.353. The second-order valence-corrected chi connectivity index (χ2v) is 5.80. The van der Waals surface area contributed by atoms with E-state index in [4.69, 9.17) is 0 Å². The number of hydrogen-bond donors (Lipinski definition) is 1. The smallest absolute Gasteiger partial charge is 0.252 e. The van der Waals surface area contributed by atoms with Crippen LogP contribution in [0.3, 0.4) is 0 Å². The summed E-state index contributed by atoms with van der Waals surface area (Å²) < 4.78 is 1.71. The van der Waals surface area contributed by atoms with Crippen molar-refractivity contribution < 1.29 is 4.79 Å². The van der Waals surface area contributed by atoms with Crippen molar-refractivity contribution in [3.8, 4) is 0 Å². The number of nitrogens with zero attached hydrogens (tertiary/aromatic N) is 5. The Hall–Kier alpha value is -2.83. The van der Waals surface area contributed by atoms with Gasteiger partial charge in [0.15, 0.2) is 0 Å². The molecular weight excluding hydrogens is 304 g/mol. The second kappa shape index (κ2) is 6.74. The lowest BCUT2D eigenvalue weighted by Crippen LogP contribution is -2.27. The van der Waals surface area contributed by atoms with Gasteiger partial charge in [0, 0.05) is 30.2 Å². The van der Waals surface area contributed by atoms with Gasteiger partial charge in [0.05, 0.1) is 6.04 Å². The highest BCUT2D eigenvalue weighted by atomic mass is 16.1. The molecule has 0 aromatic carbocycles. The first-order valence-corrected chi connectivity index (χ1v) is 7.91. The van der Waals surface area contributed by atoms with Crippen LogP contribution in [0, 0.1) is 13.8 Å². The van der Waals surface area contributed by atoms with E-state index in [0.717, 1.165) is 22.5 Å². The molecule has 1 atom stereocenters. The number of carbonyl (C=O) groups excluding carboxylic acids is 1. The highest BCUT2D eigenvalue weighted by Crippen LogP contribution is 2.16. The van der Waals surface area contributed by atoms with Gasteiger partial charge in [-0.2, -0.15) is 10.1 Å². The van der Waals surface area contributed by atoms with E-state index in [1.165, 1.54) is 6.33 Å². The summed E-state index contributed by atoms with van der Waals surface area (Å²) in [5, 5.41) is 7.19. The molecule has 3 aromatic rings. The standard InChI is InChI=1S/C17H20N6O/c1-11(14-6-8-18-9-7-14)21-16(24)5-4-15-12(2)22-17-19-10-20-23(17)13(15)3/h6-11H,4-5H2,1-3H3,(H,21,24). The zero-order chi connectivity index (χ0) is 17.1. The van der Waals surface area contributed by atoms with Gasteiger partial charge in [-0.05, 0) is 50.5 Å². The first-order chi connectivity index (χ1) is 11.6. The van der Waals surface area contributed by atoms with Crippen molar-refractivity contribution in [3.05, 3.63) is 53.4 Å². The molecule has 24 heavy (non-hydrogen) atoms. The molecule has 7 heteroatoms. The van der Waals surface area contributed by atoms with Crippen LogP contribution in [0.4, 0.5) is 0 Å². The van der Waals surface area contributed by atoms with Crippen LogP contribution in [0.5, 0.6) is 0 Å². The van der Waals surface area contributed by atoms with Crippen LogP contribution in [0.15, 0.2) is 30.9 Å². The van der Waals surface area contributed by atoms with Crippen molar-refractivity contribution in [2.75, 3.05) is 0 Å². The summed E-state index contributed by atoms with van der Waals surface area (Å²) in [5.74, 6) is 0.598. The summed E-state index contributed by atoms with van der Waals surface area (Å²) in [6, 6.07) is 3.77. The van der Waals surface area contributed by atoms with Crippen LogP contribution < -0.4 is 5.32 Å².